The van der Waals surface area contributed by atoms with Gasteiger partial charge in [-0.25, -0.2) is 0 Å². The molecular formula is C25H20O5. The van der Waals surface area contributed by atoms with Crippen LogP contribution in [0.4, 0.5) is 0 Å². The predicted molar refractivity (Wildman–Crippen MR) is 114 cm³/mol. The van der Waals surface area contributed by atoms with Gasteiger partial charge in [-0.3, -0.25) is 9.59 Å². The van der Waals surface area contributed by atoms with Crippen molar-refractivity contribution in [2.45, 2.75) is 0 Å². The number of hydrogen-bond acceptors (Lipinski definition) is 5. The lowest BCUT2D eigenvalue weighted by atomic mass is 10.00. The van der Waals surface area contributed by atoms with Crippen LogP contribution in [0.1, 0.15) is 31.8 Å². The Hall–Kier alpha value is -4.04. The van der Waals surface area contributed by atoms with Crippen LogP contribution in [0.3, 0.4) is 0 Å². The standard InChI is InChI=1S/C25H20O5/c1-28-21-12-10-19(11-13-21)24(26)25(27)20-6-4-5-17(15-20)7-8-18-9-14-22(29-2)23(16-18)30-3/h4-6,9-16H,1-3H3. The molecule has 3 aromatic carbocycles. The molecule has 0 amide bonds. The average molecular weight is 400 g/mol. The van der Waals surface area contributed by atoms with Crippen LogP contribution >= 0.6 is 0 Å². The maximum atomic E-state index is 12.6. The van der Waals surface area contributed by atoms with Gasteiger partial charge in [0.2, 0.25) is 11.6 Å². The second-order valence-electron chi connectivity index (χ2n) is 6.29. The minimum absolute atomic E-state index is 0.287. The first-order valence-electron chi connectivity index (χ1n) is 9.13. The summed E-state index contributed by atoms with van der Waals surface area (Å²) >= 11 is 0. The minimum atomic E-state index is -0.588. The SMILES string of the molecule is COc1ccc(C(=O)C(=O)c2cccc(C#Cc3ccc(OC)c(OC)c3)c2)cc1. The van der Waals surface area contributed by atoms with Crippen molar-refractivity contribution in [3.05, 3.63) is 89.0 Å². The zero-order valence-corrected chi connectivity index (χ0v) is 16.9. The van der Waals surface area contributed by atoms with Crippen LogP contribution < -0.4 is 14.2 Å². The van der Waals surface area contributed by atoms with Gasteiger partial charge in [0, 0.05) is 22.3 Å². The van der Waals surface area contributed by atoms with Crippen molar-refractivity contribution in [1.82, 2.24) is 0 Å². The molecule has 3 aromatic rings. The van der Waals surface area contributed by atoms with Gasteiger partial charge < -0.3 is 14.2 Å². The average Bonchev–Trinajstić information content (AvgIpc) is 2.81. The number of rotatable bonds is 6. The summed E-state index contributed by atoms with van der Waals surface area (Å²) in [7, 11) is 4.67. The Morgan fingerprint density at radius 1 is 0.633 bits per heavy atom. The number of methoxy groups -OCH3 is 3. The molecule has 0 atom stereocenters. The molecule has 0 aromatic heterocycles. The van der Waals surface area contributed by atoms with Crippen molar-refractivity contribution < 1.29 is 23.8 Å². The fourth-order valence-corrected chi connectivity index (χ4v) is 2.80. The highest BCUT2D eigenvalue weighted by Crippen LogP contribution is 2.27. The van der Waals surface area contributed by atoms with Crippen LogP contribution in [-0.2, 0) is 0 Å². The van der Waals surface area contributed by atoms with Gasteiger partial charge in [-0.2, -0.15) is 0 Å². The van der Waals surface area contributed by atoms with Crippen molar-refractivity contribution in [3.63, 3.8) is 0 Å². The van der Waals surface area contributed by atoms with Gasteiger partial charge in [-0.05, 0) is 54.6 Å². The highest BCUT2D eigenvalue weighted by molar-refractivity contribution is 6.49. The molecule has 0 N–H and O–H groups in total. The number of ether oxygens (including phenoxy) is 3. The fourth-order valence-electron chi connectivity index (χ4n) is 2.80. The highest BCUT2D eigenvalue weighted by Gasteiger charge is 2.18. The van der Waals surface area contributed by atoms with Crippen LogP contribution in [-0.4, -0.2) is 32.9 Å². The first kappa shape index (κ1) is 20.7. The van der Waals surface area contributed by atoms with Crippen LogP contribution in [0.5, 0.6) is 17.2 Å². The van der Waals surface area contributed by atoms with Gasteiger partial charge in [0.05, 0.1) is 21.3 Å². The number of hydrogen-bond donors (Lipinski definition) is 0. The molecule has 0 aliphatic carbocycles. The van der Waals surface area contributed by atoms with E-state index in [1.165, 1.54) is 7.11 Å². The van der Waals surface area contributed by atoms with Crippen molar-refractivity contribution >= 4 is 11.6 Å². The third-order valence-corrected chi connectivity index (χ3v) is 4.42. The highest BCUT2D eigenvalue weighted by atomic mass is 16.5. The molecule has 0 saturated carbocycles. The normalized spacial score (nSPS) is 9.83. The van der Waals surface area contributed by atoms with Gasteiger partial charge in [-0.15, -0.1) is 0 Å². The zero-order chi connectivity index (χ0) is 21.5. The van der Waals surface area contributed by atoms with Crippen molar-refractivity contribution in [2.24, 2.45) is 0 Å². The van der Waals surface area contributed by atoms with Crippen molar-refractivity contribution in [3.8, 4) is 29.1 Å². The van der Waals surface area contributed by atoms with Gasteiger partial charge in [0.15, 0.2) is 11.5 Å². The van der Waals surface area contributed by atoms with E-state index < -0.39 is 11.6 Å². The summed E-state index contributed by atoms with van der Waals surface area (Å²) in [4.78, 5) is 25.1. The van der Waals surface area contributed by atoms with E-state index in [1.807, 2.05) is 6.07 Å². The molecule has 0 bridgehead atoms. The molecule has 0 radical (unpaired) electrons. The molecule has 0 heterocycles. The van der Waals surface area contributed by atoms with E-state index in [2.05, 4.69) is 11.8 Å². The summed E-state index contributed by atoms with van der Waals surface area (Å²) in [6.45, 7) is 0. The fraction of sp³-hybridized carbons (Fsp3) is 0.120. The molecule has 0 unspecified atom stereocenters. The van der Waals surface area contributed by atoms with Crippen LogP contribution in [0.25, 0.3) is 0 Å². The third-order valence-electron chi connectivity index (χ3n) is 4.42. The first-order chi connectivity index (χ1) is 14.5. The van der Waals surface area contributed by atoms with Gasteiger partial charge >= 0.3 is 0 Å². The molecule has 0 spiro atoms. The molecule has 0 fully saturated rings. The topological polar surface area (TPSA) is 61.8 Å². The number of carbonyl (C=O) groups excluding carboxylic acids is 2. The summed E-state index contributed by atoms with van der Waals surface area (Å²) in [5.74, 6) is 6.69. The lowest BCUT2D eigenvalue weighted by Gasteiger charge is -2.06. The molecule has 30 heavy (non-hydrogen) atoms. The Morgan fingerprint density at radius 3 is 1.90 bits per heavy atom. The van der Waals surface area contributed by atoms with E-state index in [0.29, 0.717) is 28.4 Å². The molecule has 5 nitrogen and oxygen atoms in total. The van der Waals surface area contributed by atoms with Crippen molar-refractivity contribution in [2.75, 3.05) is 21.3 Å². The maximum Gasteiger partial charge on any atom is 0.233 e. The maximum absolute atomic E-state index is 12.6. The number of ketones is 2. The number of Topliss-reactive ketones (excluding diaryl/α,β-unsaturated/α-hetero) is 2. The second-order valence-corrected chi connectivity index (χ2v) is 6.29. The quantitative estimate of drug-likeness (QED) is 0.353. The predicted octanol–water partition coefficient (Wildman–Crippen LogP) is 4.18. The Labute approximate surface area is 175 Å². The Bertz CT molecular complexity index is 1130. The van der Waals surface area contributed by atoms with E-state index >= 15 is 0 Å². The summed E-state index contributed by atoms with van der Waals surface area (Å²) < 4.78 is 15.6. The van der Waals surface area contributed by atoms with Crippen LogP contribution in [0.15, 0.2) is 66.7 Å². The second kappa shape index (κ2) is 9.44. The Kier molecular flexibility index (Phi) is 6.51. The Balaban J connectivity index is 1.82. The first-order valence-corrected chi connectivity index (χ1v) is 9.13. The minimum Gasteiger partial charge on any atom is -0.497 e. The monoisotopic (exact) mass is 400 g/mol. The molecule has 150 valence electrons. The van der Waals surface area contributed by atoms with Gasteiger partial charge in [0.1, 0.15) is 5.75 Å². The molecule has 0 aliphatic heterocycles. The van der Waals surface area contributed by atoms with Crippen LogP contribution in [0.2, 0.25) is 0 Å². The van der Waals surface area contributed by atoms with E-state index in [9.17, 15) is 9.59 Å². The lowest BCUT2D eigenvalue weighted by molar-refractivity contribution is 0.0817. The van der Waals surface area contributed by atoms with Crippen molar-refractivity contribution in [1.29, 1.82) is 0 Å². The number of benzene rings is 3. The molecule has 3 rings (SSSR count). The van der Waals surface area contributed by atoms with Crippen LogP contribution in [0, 0.1) is 11.8 Å². The van der Waals surface area contributed by atoms with E-state index in [-0.39, 0.29) is 5.56 Å². The summed E-state index contributed by atoms with van der Waals surface area (Å²) in [6, 6.07) is 18.5. The van der Waals surface area contributed by atoms with E-state index in [4.69, 9.17) is 14.2 Å². The van der Waals surface area contributed by atoms with Gasteiger partial charge in [0.25, 0.3) is 0 Å². The number of carbonyl (C=O) groups is 2. The summed E-state index contributed by atoms with van der Waals surface area (Å²) in [5, 5.41) is 0. The van der Waals surface area contributed by atoms with E-state index in [0.717, 1.165) is 5.56 Å². The Morgan fingerprint density at radius 2 is 1.27 bits per heavy atom. The molecule has 0 aliphatic rings. The van der Waals surface area contributed by atoms with Gasteiger partial charge in [-0.1, -0.05) is 24.0 Å². The third kappa shape index (κ3) is 4.68. The molecule has 5 heteroatoms. The molecular weight excluding hydrogens is 380 g/mol. The van der Waals surface area contributed by atoms with E-state index in [1.54, 1.807) is 74.9 Å². The molecule has 0 saturated heterocycles. The summed E-state index contributed by atoms with van der Waals surface area (Å²) in [5.41, 5.74) is 1.95. The zero-order valence-electron chi connectivity index (χ0n) is 16.9. The lowest BCUT2D eigenvalue weighted by Crippen LogP contribution is -2.14. The largest absolute Gasteiger partial charge is 0.497 e. The summed E-state index contributed by atoms with van der Waals surface area (Å²) in [6.07, 6.45) is 0. The smallest absolute Gasteiger partial charge is 0.233 e.